The number of fused-ring (bicyclic) bond motifs is 5. The van der Waals surface area contributed by atoms with Crippen LogP contribution in [0.1, 0.15) is 120 Å². The number of rotatable bonds is 7. The predicted octanol–water partition coefficient (Wildman–Crippen LogP) is 7.48. The summed E-state index contributed by atoms with van der Waals surface area (Å²) in [6, 6.07) is 0. The van der Waals surface area contributed by atoms with Crippen molar-refractivity contribution in [3.63, 3.8) is 0 Å². The number of hydrogen-bond donors (Lipinski definition) is 1. The van der Waals surface area contributed by atoms with E-state index >= 15 is 0 Å². The first-order valence-electron chi connectivity index (χ1n) is 14.9. The largest absolute Gasteiger partial charge is 0.458 e. The highest BCUT2D eigenvalue weighted by molar-refractivity contribution is 5.71. The highest BCUT2D eigenvalue weighted by Crippen LogP contribution is 2.67. The maximum absolute atomic E-state index is 12.2. The van der Waals surface area contributed by atoms with Gasteiger partial charge in [0.1, 0.15) is 12.2 Å². The van der Waals surface area contributed by atoms with Crippen molar-refractivity contribution >= 4 is 5.97 Å². The molecule has 0 heterocycles. The van der Waals surface area contributed by atoms with Gasteiger partial charge in [0.05, 0.1) is 11.7 Å². The molecule has 0 spiro atoms. The van der Waals surface area contributed by atoms with Gasteiger partial charge in [-0.05, 0) is 139 Å². The summed E-state index contributed by atoms with van der Waals surface area (Å²) in [7, 11) is 0. The van der Waals surface area contributed by atoms with Crippen LogP contribution >= 0.6 is 0 Å². The van der Waals surface area contributed by atoms with Crippen LogP contribution in [0.2, 0.25) is 0 Å². The van der Waals surface area contributed by atoms with Gasteiger partial charge in [-0.2, -0.15) is 0 Å². The molecule has 0 bridgehead atoms. The Bertz CT molecular complexity index is 832. The monoisotopic (exact) mass is 502 g/mol. The number of carbonyl (C=O) groups is 1. The molecular weight excluding hydrogens is 448 g/mol. The Morgan fingerprint density at radius 1 is 1.06 bits per heavy atom. The molecule has 0 radical (unpaired) electrons. The minimum atomic E-state index is -0.555. The summed E-state index contributed by atoms with van der Waals surface area (Å²) >= 11 is 0. The van der Waals surface area contributed by atoms with Gasteiger partial charge in [-0.15, -0.1) is 0 Å². The zero-order chi connectivity index (χ0) is 26.5. The molecule has 8 atom stereocenters. The minimum absolute atomic E-state index is 0.0403. The zero-order valence-electron chi connectivity index (χ0n) is 24.5. The molecule has 4 aliphatic carbocycles. The van der Waals surface area contributed by atoms with Crippen LogP contribution in [0.5, 0.6) is 0 Å². The smallest absolute Gasteiger partial charge is 0.332 e. The summed E-state index contributed by atoms with van der Waals surface area (Å²) in [4.78, 5) is 12.2. The molecule has 1 N–H and O–H groups in total. The fourth-order valence-electron chi connectivity index (χ4n) is 9.13. The molecule has 0 aromatic heterocycles. The van der Waals surface area contributed by atoms with E-state index < -0.39 is 11.2 Å². The number of aliphatic hydroxyl groups is 1. The van der Waals surface area contributed by atoms with Crippen molar-refractivity contribution in [2.45, 2.75) is 137 Å². The molecule has 4 heteroatoms. The fourth-order valence-corrected chi connectivity index (χ4v) is 9.13. The zero-order valence-corrected chi connectivity index (χ0v) is 24.5. The van der Waals surface area contributed by atoms with Crippen molar-refractivity contribution in [2.24, 2.45) is 40.4 Å². The van der Waals surface area contributed by atoms with Crippen LogP contribution in [0.25, 0.3) is 0 Å². The van der Waals surface area contributed by atoms with Crippen LogP contribution in [0.3, 0.4) is 0 Å². The van der Waals surface area contributed by atoms with Crippen molar-refractivity contribution in [3.05, 3.63) is 11.6 Å². The molecule has 0 unspecified atom stereocenters. The highest BCUT2D eigenvalue weighted by atomic mass is 16.6. The lowest BCUT2D eigenvalue weighted by Crippen LogP contribution is -2.51. The van der Waals surface area contributed by atoms with Crippen molar-refractivity contribution in [1.82, 2.24) is 0 Å². The average molecular weight is 503 g/mol. The molecule has 0 aliphatic heterocycles. The molecule has 36 heavy (non-hydrogen) atoms. The molecule has 4 nitrogen and oxygen atoms in total. The van der Waals surface area contributed by atoms with Crippen LogP contribution in [-0.2, 0) is 14.3 Å². The van der Waals surface area contributed by atoms with Crippen molar-refractivity contribution in [2.75, 3.05) is 6.61 Å². The molecule has 4 aliphatic rings. The number of carbonyl (C=O) groups excluding carboxylic acids is 1. The van der Waals surface area contributed by atoms with E-state index in [1.54, 1.807) is 5.57 Å². The standard InChI is InChI=1S/C32H54O4/c1-21(13-16-30(5,6)34)25-11-12-26-24-10-9-22-19-23(35-20-28(33)36-29(2,3)4)14-17-31(22,7)27(24)15-18-32(25,26)8/h19,21,23-27,34H,9-18,20H2,1-8H3/t21-,23+,24+,25-,26+,27+,31+,32-/m1/s1. The Hall–Kier alpha value is -0.870. The molecule has 3 fully saturated rings. The summed E-state index contributed by atoms with van der Waals surface area (Å²) < 4.78 is 11.5. The van der Waals surface area contributed by atoms with Gasteiger partial charge in [0.25, 0.3) is 0 Å². The van der Waals surface area contributed by atoms with Gasteiger partial charge < -0.3 is 14.6 Å². The van der Waals surface area contributed by atoms with Gasteiger partial charge >= 0.3 is 5.97 Å². The van der Waals surface area contributed by atoms with Crippen molar-refractivity contribution in [3.8, 4) is 0 Å². The summed E-state index contributed by atoms with van der Waals surface area (Å²) in [5.41, 5.74) is 1.33. The second-order valence-electron chi connectivity index (χ2n) is 15.1. The average Bonchev–Trinajstić information content (AvgIpc) is 3.11. The van der Waals surface area contributed by atoms with Crippen molar-refractivity contribution < 1.29 is 19.4 Å². The Morgan fingerprint density at radius 3 is 2.44 bits per heavy atom. The number of hydrogen-bond acceptors (Lipinski definition) is 4. The van der Waals surface area contributed by atoms with Crippen LogP contribution in [0.15, 0.2) is 11.6 Å². The lowest BCUT2D eigenvalue weighted by Gasteiger charge is -2.59. The SMILES string of the molecule is C[C@H](CCC(C)(C)O)[C@H]1CC[C@H]2[C@@H]3CCC4=C[C@@H](OCC(=O)OC(C)(C)C)CC[C@]4(C)[C@H]3CC[C@]12C. The van der Waals surface area contributed by atoms with Crippen LogP contribution in [-0.4, -0.2) is 35.0 Å². The molecule has 206 valence electrons. The maximum Gasteiger partial charge on any atom is 0.332 e. The van der Waals surface area contributed by atoms with E-state index in [1.807, 2.05) is 34.6 Å². The molecule has 0 amide bonds. The Balaban J connectivity index is 1.41. The van der Waals surface area contributed by atoms with Crippen molar-refractivity contribution in [1.29, 1.82) is 0 Å². The quantitative estimate of drug-likeness (QED) is 0.290. The normalized spacial score (nSPS) is 39.5. The van der Waals surface area contributed by atoms with Crippen LogP contribution in [0.4, 0.5) is 0 Å². The van der Waals surface area contributed by atoms with E-state index in [0.717, 1.165) is 42.9 Å². The second-order valence-corrected chi connectivity index (χ2v) is 15.1. The fraction of sp³-hybridized carbons (Fsp3) is 0.906. The lowest BCUT2D eigenvalue weighted by atomic mass is 9.46. The van der Waals surface area contributed by atoms with E-state index in [-0.39, 0.29) is 18.7 Å². The Kier molecular flexibility index (Phi) is 7.84. The first kappa shape index (κ1) is 28.1. The highest BCUT2D eigenvalue weighted by Gasteiger charge is 2.59. The van der Waals surface area contributed by atoms with Gasteiger partial charge in [-0.1, -0.05) is 32.4 Å². The summed E-state index contributed by atoms with van der Waals surface area (Å²) in [6.07, 6.45) is 14.6. The number of ether oxygens (including phenoxy) is 2. The molecule has 0 saturated heterocycles. The second kappa shape index (κ2) is 10.0. The molecule has 0 aromatic carbocycles. The van der Waals surface area contributed by atoms with E-state index in [4.69, 9.17) is 9.47 Å². The van der Waals surface area contributed by atoms with Crippen LogP contribution < -0.4 is 0 Å². The summed E-state index contributed by atoms with van der Waals surface area (Å²) in [6.45, 7) is 17.3. The topological polar surface area (TPSA) is 55.8 Å². The van der Waals surface area contributed by atoms with Gasteiger partial charge in [0.15, 0.2) is 0 Å². The van der Waals surface area contributed by atoms with Gasteiger partial charge in [-0.3, -0.25) is 0 Å². The van der Waals surface area contributed by atoms with E-state index in [2.05, 4.69) is 26.8 Å². The lowest BCUT2D eigenvalue weighted by molar-refractivity contribution is -0.161. The third-order valence-corrected chi connectivity index (χ3v) is 10.9. The maximum atomic E-state index is 12.2. The molecule has 3 saturated carbocycles. The first-order chi connectivity index (χ1) is 16.6. The molecule has 4 rings (SSSR count). The summed E-state index contributed by atoms with van der Waals surface area (Å²) in [5.74, 6) is 3.70. The Morgan fingerprint density at radius 2 is 1.78 bits per heavy atom. The van der Waals surface area contributed by atoms with Crippen LogP contribution in [0, 0.1) is 40.4 Å². The van der Waals surface area contributed by atoms with E-state index in [0.29, 0.717) is 16.7 Å². The van der Waals surface area contributed by atoms with Gasteiger partial charge in [0.2, 0.25) is 0 Å². The summed E-state index contributed by atoms with van der Waals surface area (Å²) in [5, 5.41) is 10.3. The third-order valence-electron chi connectivity index (χ3n) is 10.9. The number of allylic oxidation sites excluding steroid dienone is 1. The van der Waals surface area contributed by atoms with Gasteiger partial charge in [0, 0.05) is 0 Å². The Labute approximate surface area is 221 Å². The molecule has 0 aromatic rings. The first-order valence-corrected chi connectivity index (χ1v) is 14.9. The predicted molar refractivity (Wildman–Crippen MR) is 145 cm³/mol. The minimum Gasteiger partial charge on any atom is -0.458 e. The number of esters is 1. The van der Waals surface area contributed by atoms with Gasteiger partial charge in [-0.25, -0.2) is 4.79 Å². The van der Waals surface area contributed by atoms with E-state index in [1.165, 1.54) is 44.9 Å². The van der Waals surface area contributed by atoms with E-state index in [9.17, 15) is 9.90 Å². The molecular formula is C32H54O4. The third kappa shape index (κ3) is 5.75.